The quantitative estimate of drug-likeness (QED) is 0.676. The number of carbonyl (C=O) groups is 1. The van der Waals surface area contributed by atoms with E-state index >= 15 is 0 Å². The molecule has 146 valence electrons. The second kappa shape index (κ2) is 9.04. The molecule has 10 heteroatoms. The molecule has 8 nitrogen and oxygen atoms in total. The van der Waals surface area contributed by atoms with Crippen molar-refractivity contribution in [3.05, 3.63) is 22.7 Å². The second-order valence-electron chi connectivity index (χ2n) is 6.08. The van der Waals surface area contributed by atoms with Gasteiger partial charge in [-0.3, -0.25) is 9.88 Å². The highest BCUT2D eigenvalue weighted by Crippen LogP contribution is 2.41. The molecule has 0 unspecified atom stereocenters. The van der Waals surface area contributed by atoms with Crippen molar-refractivity contribution in [2.24, 2.45) is 0 Å². The van der Waals surface area contributed by atoms with Crippen molar-refractivity contribution >= 4 is 11.9 Å². The van der Waals surface area contributed by atoms with Gasteiger partial charge in [-0.2, -0.15) is 4.98 Å². The van der Waals surface area contributed by atoms with E-state index in [0.717, 1.165) is 31.9 Å². The van der Waals surface area contributed by atoms with Gasteiger partial charge in [0.25, 0.3) is 5.92 Å². The molecule has 0 bridgehead atoms. The number of hydrogen-bond donors (Lipinski definition) is 2. The Balaban J connectivity index is 1.95. The van der Waals surface area contributed by atoms with Gasteiger partial charge in [0.2, 0.25) is 6.23 Å². The van der Waals surface area contributed by atoms with Gasteiger partial charge in [0.05, 0.1) is 19.3 Å². The molecular formula is C16H23F2N3O5. The predicted octanol–water partition coefficient (Wildman–Crippen LogP) is 2.29. The van der Waals surface area contributed by atoms with E-state index in [1.54, 1.807) is 0 Å². The number of alkyl halides is 2. The van der Waals surface area contributed by atoms with Crippen LogP contribution in [-0.4, -0.2) is 46.0 Å². The summed E-state index contributed by atoms with van der Waals surface area (Å²) in [6.45, 7) is 1.74. The molecular weight excluding hydrogens is 352 g/mol. The predicted molar refractivity (Wildman–Crippen MR) is 88.2 cm³/mol. The van der Waals surface area contributed by atoms with Crippen LogP contribution in [-0.2, 0) is 9.47 Å². The lowest BCUT2D eigenvalue weighted by Gasteiger charge is -2.19. The number of hydrogen-bond acceptors (Lipinski definition) is 6. The van der Waals surface area contributed by atoms with Gasteiger partial charge in [0.1, 0.15) is 5.82 Å². The largest absolute Gasteiger partial charge is 0.449 e. The number of halogens is 2. The number of nitrogens with one attached hydrogen (secondary N) is 1. The maximum absolute atomic E-state index is 13.9. The van der Waals surface area contributed by atoms with E-state index < -0.39 is 43.1 Å². The lowest BCUT2D eigenvalue weighted by atomic mass is 10.2. The van der Waals surface area contributed by atoms with E-state index in [0.29, 0.717) is 4.57 Å². The van der Waals surface area contributed by atoms with Gasteiger partial charge < -0.3 is 14.6 Å². The Morgan fingerprint density at radius 1 is 1.50 bits per heavy atom. The van der Waals surface area contributed by atoms with E-state index in [2.05, 4.69) is 17.2 Å². The van der Waals surface area contributed by atoms with E-state index in [4.69, 9.17) is 14.6 Å². The fraction of sp³-hybridized carbons (Fsp3) is 0.688. The van der Waals surface area contributed by atoms with Crippen molar-refractivity contribution in [2.45, 2.75) is 57.3 Å². The third-order valence-corrected chi connectivity index (χ3v) is 3.93. The summed E-state index contributed by atoms with van der Waals surface area (Å²) in [4.78, 5) is 27.2. The highest BCUT2D eigenvalue weighted by Gasteiger charge is 2.51. The Morgan fingerprint density at radius 2 is 2.27 bits per heavy atom. The van der Waals surface area contributed by atoms with Crippen LogP contribution in [0.4, 0.5) is 19.4 Å². The van der Waals surface area contributed by atoms with Crippen LogP contribution in [0.2, 0.25) is 0 Å². The smallest absolute Gasteiger partial charge is 0.412 e. The maximum Gasteiger partial charge on any atom is 0.412 e. The molecule has 0 aliphatic carbocycles. The maximum atomic E-state index is 13.9. The first-order valence-electron chi connectivity index (χ1n) is 8.54. The monoisotopic (exact) mass is 375 g/mol. The Kier molecular flexibility index (Phi) is 7.04. The summed E-state index contributed by atoms with van der Waals surface area (Å²) in [5.74, 6) is -3.42. The van der Waals surface area contributed by atoms with Crippen LogP contribution >= 0.6 is 0 Å². The second-order valence-corrected chi connectivity index (χ2v) is 6.08. The van der Waals surface area contributed by atoms with Crippen molar-refractivity contribution in [1.82, 2.24) is 9.55 Å². The lowest BCUT2D eigenvalue weighted by molar-refractivity contribution is -0.120. The molecule has 1 saturated heterocycles. The number of aliphatic hydroxyl groups is 1. The van der Waals surface area contributed by atoms with Gasteiger partial charge >= 0.3 is 11.8 Å². The Labute approximate surface area is 149 Å². The Morgan fingerprint density at radius 3 is 2.88 bits per heavy atom. The molecule has 2 N–H and O–H groups in total. The topological polar surface area (TPSA) is 103 Å². The minimum atomic E-state index is -3.31. The number of amides is 1. The third-order valence-electron chi connectivity index (χ3n) is 3.93. The van der Waals surface area contributed by atoms with Gasteiger partial charge in [0.15, 0.2) is 0 Å². The summed E-state index contributed by atoms with van der Waals surface area (Å²) in [7, 11) is 0. The van der Waals surface area contributed by atoms with E-state index in [9.17, 15) is 18.4 Å². The molecule has 1 aromatic heterocycles. The van der Waals surface area contributed by atoms with E-state index in [1.165, 1.54) is 6.07 Å². The van der Waals surface area contributed by atoms with Crippen molar-refractivity contribution in [3.63, 3.8) is 0 Å². The first-order valence-corrected chi connectivity index (χ1v) is 8.54. The van der Waals surface area contributed by atoms with E-state index in [-0.39, 0.29) is 12.4 Å². The van der Waals surface area contributed by atoms with Gasteiger partial charge in [-0.15, -0.1) is 0 Å². The summed E-state index contributed by atoms with van der Waals surface area (Å²) in [6.07, 6.45) is 0.495. The molecule has 26 heavy (non-hydrogen) atoms. The van der Waals surface area contributed by atoms with E-state index in [1.807, 2.05) is 0 Å². The molecule has 1 aromatic rings. The fourth-order valence-corrected chi connectivity index (χ4v) is 2.61. The molecule has 0 spiro atoms. The van der Waals surface area contributed by atoms with Crippen LogP contribution in [0.15, 0.2) is 17.1 Å². The van der Waals surface area contributed by atoms with Crippen LogP contribution in [0.25, 0.3) is 0 Å². The lowest BCUT2D eigenvalue weighted by Crippen LogP contribution is -2.35. The fourth-order valence-electron chi connectivity index (χ4n) is 2.61. The zero-order chi connectivity index (χ0) is 19.2. The number of aromatic nitrogens is 2. The first kappa shape index (κ1) is 20.2. The van der Waals surface area contributed by atoms with Crippen LogP contribution in [0, 0.1) is 0 Å². The number of nitrogens with zero attached hydrogens (tertiary/aromatic N) is 2. The average molecular weight is 375 g/mol. The zero-order valence-electron chi connectivity index (χ0n) is 14.5. The van der Waals surface area contributed by atoms with Crippen molar-refractivity contribution in [1.29, 1.82) is 0 Å². The third kappa shape index (κ3) is 5.21. The van der Waals surface area contributed by atoms with Gasteiger partial charge in [0, 0.05) is 12.6 Å². The molecule has 0 aromatic carbocycles. The number of ether oxygens (including phenoxy) is 2. The van der Waals surface area contributed by atoms with Crippen LogP contribution in [0.3, 0.4) is 0 Å². The molecule has 1 amide bonds. The number of rotatable bonds is 8. The average Bonchev–Trinajstić information content (AvgIpc) is 2.89. The van der Waals surface area contributed by atoms with Gasteiger partial charge in [-0.25, -0.2) is 18.4 Å². The molecule has 2 rings (SSSR count). The number of unbranched alkanes of at least 4 members (excludes halogenated alkanes) is 3. The number of carbonyl (C=O) groups excluding carboxylic acids is 1. The standard InChI is InChI=1S/C16H23F2N3O5/c1-2-3-4-5-8-25-15(24)20-12-6-7-21(14(23)19-12)13-16(17,18)9-11(10-22)26-13/h6-7,11,13,22H,2-5,8-10H2,1H3,(H,19,20,23,24)/t11-,13+/m0/s1. The van der Waals surface area contributed by atoms with Gasteiger partial charge in [-0.05, 0) is 12.5 Å². The van der Waals surface area contributed by atoms with Crippen molar-refractivity contribution < 1.29 is 28.2 Å². The Bertz CT molecular complexity index is 668. The van der Waals surface area contributed by atoms with Crippen LogP contribution in [0.1, 0.15) is 45.3 Å². The summed E-state index contributed by atoms with van der Waals surface area (Å²) in [6, 6.07) is 1.20. The number of anilines is 1. The number of aliphatic hydroxyl groups excluding tert-OH is 1. The summed E-state index contributed by atoms with van der Waals surface area (Å²) in [5.41, 5.74) is -1.01. The summed E-state index contributed by atoms with van der Waals surface area (Å²) < 4.78 is 38.5. The molecule has 1 aliphatic heterocycles. The minimum Gasteiger partial charge on any atom is -0.449 e. The van der Waals surface area contributed by atoms with Crippen molar-refractivity contribution in [3.8, 4) is 0 Å². The van der Waals surface area contributed by atoms with Crippen LogP contribution in [0.5, 0.6) is 0 Å². The highest BCUT2D eigenvalue weighted by atomic mass is 19.3. The molecule has 1 fully saturated rings. The van der Waals surface area contributed by atoms with Crippen LogP contribution < -0.4 is 11.0 Å². The molecule has 0 radical (unpaired) electrons. The Hall–Kier alpha value is -2.07. The van der Waals surface area contributed by atoms with Gasteiger partial charge in [-0.1, -0.05) is 26.2 Å². The highest BCUT2D eigenvalue weighted by molar-refractivity contribution is 5.83. The summed E-state index contributed by atoms with van der Waals surface area (Å²) >= 11 is 0. The SMILES string of the molecule is CCCCCCOC(=O)Nc1ccn([C@@H]2O[C@H](CO)CC2(F)F)c(=O)n1. The summed E-state index contributed by atoms with van der Waals surface area (Å²) in [5, 5.41) is 11.2. The molecule has 0 saturated carbocycles. The molecule has 2 heterocycles. The first-order chi connectivity index (χ1) is 12.4. The normalized spacial score (nSPS) is 21.5. The molecule has 1 aliphatic rings. The van der Waals surface area contributed by atoms with Crippen molar-refractivity contribution in [2.75, 3.05) is 18.5 Å². The zero-order valence-corrected chi connectivity index (χ0v) is 14.5. The minimum absolute atomic E-state index is 0.107. The molecule has 2 atom stereocenters.